The number of anilines is 1. The number of benzene rings is 2. The van der Waals surface area contributed by atoms with Gasteiger partial charge in [-0.05, 0) is 35.2 Å². The summed E-state index contributed by atoms with van der Waals surface area (Å²) in [6, 6.07) is 16.5. The molecule has 0 aliphatic heterocycles. The number of rotatable bonds is 4. The van der Waals surface area contributed by atoms with E-state index in [0.29, 0.717) is 5.92 Å². The molecule has 3 aromatic rings. The summed E-state index contributed by atoms with van der Waals surface area (Å²) in [4.78, 5) is 6.49. The lowest BCUT2D eigenvalue weighted by molar-refractivity contribution is 0.867. The van der Waals surface area contributed by atoms with Gasteiger partial charge in [-0.15, -0.1) is 10.2 Å². The van der Waals surface area contributed by atoms with Crippen molar-refractivity contribution < 1.29 is 0 Å². The van der Waals surface area contributed by atoms with Crippen LogP contribution < -0.4 is 4.90 Å². The molecule has 0 N–H and O–H groups in total. The van der Waals surface area contributed by atoms with Crippen molar-refractivity contribution in [2.24, 2.45) is 0 Å². The highest BCUT2D eigenvalue weighted by Gasteiger charge is 2.13. The minimum atomic E-state index is 0.150. The van der Waals surface area contributed by atoms with Gasteiger partial charge in [-0.25, -0.2) is 4.98 Å². The fraction of sp³-hybridized carbons (Fsp3) is 0.250. The van der Waals surface area contributed by atoms with Gasteiger partial charge in [-0.3, -0.25) is 0 Å². The molecule has 0 fully saturated rings. The maximum atomic E-state index is 6.01. The zero-order valence-corrected chi connectivity index (χ0v) is 15.6. The lowest BCUT2D eigenvalue weighted by Crippen LogP contribution is -2.08. The summed E-state index contributed by atoms with van der Waals surface area (Å²) in [6.45, 7) is 4.35. The van der Waals surface area contributed by atoms with E-state index in [2.05, 4.69) is 70.3 Å². The van der Waals surface area contributed by atoms with Crippen molar-refractivity contribution in [2.45, 2.75) is 19.8 Å². The van der Waals surface area contributed by atoms with Crippen LogP contribution in [0.2, 0.25) is 5.28 Å². The van der Waals surface area contributed by atoms with Gasteiger partial charge in [0.25, 0.3) is 0 Å². The monoisotopic (exact) mass is 352 g/mol. The average molecular weight is 353 g/mol. The second-order valence-corrected chi connectivity index (χ2v) is 6.83. The molecule has 0 radical (unpaired) electrons. The molecular weight excluding hydrogens is 332 g/mol. The number of aromatic nitrogens is 3. The summed E-state index contributed by atoms with van der Waals surface area (Å²) in [7, 11) is 4.03. The fourth-order valence-electron chi connectivity index (χ4n) is 2.65. The van der Waals surface area contributed by atoms with Crippen LogP contribution in [0.1, 0.15) is 25.3 Å². The van der Waals surface area contributed by atoms with E-state index in [-0.39, 0.29) is 5.28 Å². The van der Waals surface area contributed by atoms with Crippen molar-refractivity contribution in [3.8, 4) is 22.5 Å². The lowest BCUT2D eigenvalue weighted by Gasteiger charge is -2.13. The molecular formula is C20H21ClN4. The zero-order chi connectivity index (χ0) is 18.0. The van der Waals surface area contributed by atoms with Gasteiger partial charge in [0.2, 0.25) is 5.28 Å². The molecule has 0 aliphatic carbocycles. The number of hydrogen-bond donors (Lipinski definition) is 0. The van der Waals surface area contributed by atoms with Crippen molar-refractivity contribution >= 4 is 17.3 Å². The molecule has 0 spiro atoms. The van der Waals surface area contributed by atoms with E-state index in [1.165, 1.54) is 5.56 Å². The summed E-state index contributed by atoms with van der Waals surface area (Å²) in [5.74, 6) is 0.485. The maximum Gasteiger partial charge on any atom is 0.243 e. The Balaban J connectivity index is 2.06. The zero-order valence-electron chi connectivity index (χ0n) is 14.9. The molecule has 0 aliphatic rings. The SMILES string of the molecule is CC(C)c1ccc(-c2nc(Cl)nnc2-c2ccc(N(C)C)cc2)cc1. The Hall–Kier alpha value is -2.46. The minimum absolute atomic E-state index is 0.150. The lowest BCUT2D eigenvalue weighted by atomic mass is 9.99. The Labute approximate surface area is 153 Å². The van der Waals surface area contributed by atoms with E-state index in [4.69, 9.17) is 11.6 Å². The first-order valence-electron chi connectivity index (χ1n) is 8.24. The molecule has 0 atom stereocenters. The molecule has 2 aromatic carbocycles. The first-order valence-corrected chi connectivity index (χ1v) is 8.62. The van der Waals surface area contributed by atoms with E-state index in [9.17, 15) is 0 Å². The van der Waals surface area contributed by atoms with Gasteiger partial charge in [0.15, 0.2) is 0 Å². The van der Waals surface area contributed by atoms with Gasteiger partial charge in [-0.1, -0.05) is 50.2 Å². The van der Waals surface area contributed by atoms with Crippen molar-refractivity contribution in [2.75, 3.05) is 19.0 Å². The molecule has 128 valence electrons. The molecule has 0 amide bonds. The van der Waals surface area contributed by atoms with Crippen LogP contribution in [0.5, 0.6) is 0 Å². The van der Waals surface area contributed by atoms with Gasteiger partial charge in [-0.2, -0.15) is 0 Å². The third-order valence-corrected chi connectivity index (χ3v) is 4.33. The quantitative estimate of drug-likeness (QED) is 0.659. The van der Waals surface area contributed by atoms with E-state index in [1.54, 1.807) is 0 Å². The van der Waals surface area contributed by atoms with Gasteiger partial charge < -0.3 is 4.90 Å². The van der Waals surface area contributed by atoms with E-state index in [0.717, 1.165) is 28.2 Å². The normalized spacial score (nSPS) is 11.0. The highest BCUT2D eigenvalue weighted by atomic mass is 35.5. The van der Waals surface area contributed by atoms with Gasteiger partial charge in [0.05, 0.1) is 0 Å². The molecule has 25 heavy (non-hydrogen) atoms. The van der Waals surface area contributed by atoms with Gasteiger partial charge >= 0.3 is 0 Å². The molecule has 0 unspecified atom stereocenters. The van der Waals surface area contributed by atoms with Crippen molar-refractivity contribution in [1.29, 1.82) is 0 Å². The van der Waals surface area contributed by atoms with Crippen LogP contribution in [0, 0.1) is 0 Å². The molecule has 0 bridgehead atoms. The smallest absolute Gasteiger partial charge is 0.243 e. The predicted molar refractivity (Wildman–Crippen MR) is 104 cm³/mol. The molecule has 0 saturated heterocycles. The van der Waals surface area contributed by atoms with Crippen LogP contribution in [0.15, 0.2) is 48.5 Å². The predicted octanol–water partition coefficient (Wildman–Crippen LogP) is 5.05. The first kappa shape index (κ1) is 17.4. The highest BCUT2D eigenvalue weighted by Crippen LogP contribution is 2.31. The summed E-state index contributed by atoms with van der Waals surface area (Å²) in [5, 5.41) is 8.39. The van der Waals surface area contributed by atoms with Crippen molar-refractivity contribution in [3.05, 3.63) is 59.4 Å². The summed E-state index contributed by atoms with van der Waals surface area (Å²) >= 11 is 6.01. The Morgan fingerprint density at radius 2 is 1.36 bits per heavy atom. The summed E-state index contributed by atoms with van der Waals surface area (Å²) in [5.41, 5.74) is 5.83. The van der Waals surface area contributed by atoms with Crippen LogP contribution in [0.3, 0.4) is 0 Å². The topological polar surface area (TPSA) is 41.9 Å². The first-order chi connectivity index (χ1) is 12.0. The van der Waals surface area contributed by atoms with Crippen LogP contribution in [0.25, 0.3) is 22.5 Å². The van der Waals surface area contributed by atoms with Crippen molar-refractivity contribution in [1.82, 2.24) is 15.2 Å². The summed E-state index contributed by atoms with van der Waals surface area (Å²) in [6.07, 6.45) is 0. The second kappa shape index (κ2) is 7.19. The van der Waals surface area contributed by atoms with Crippen LogP contribution >= 0.6 is 11.6 Å². The Bertz CT molecular complexity index is 856. The van der Waals surface area contributed by atoms with E-state index < -0.39 is 0 Å². The summed E-state index contributed by atoms with van der Waals surface area (Å²) < 4.78 is 0. The molecule has 1 heterocycles. The van der Waals surface area contributed by atoms with Gasteiger partial charge in [0.1, 0.15) is 11.4 Å². The third-order valence-electron chi connectivity index (χ3n) is 4.17. The molecule has 5 heteroatoms. The second-order valence-electron chi connectivity index (χ2n) is 6.50. The largest absolute Gasteiger partial charge is 0.378 e. The Morgan fingerprint density at radius 1 is 0.800 bits per heavy atom. The van der Waals surface area contributed by atoms with Crippen LogP contribution in [-0.2, 0) is 0 Å². The van der Waals surface area contributed by atoms with E-state index in [1.807, 2.05) is 26.2 Å². The standard InChI is InChI=1S/C20H21ClN4/c1-13(2)14-5-7-15(8-6-14)18-19(23-24-20(21)22-18)16-9-11-17(12-10-16)25(3)4/h5-13H,1-4H3. The highest BCUT2D eigenvalue weighted by molar-refractivity contribution is 6.28. The molecule has 1 aromatic heterocycles. The Morgan fingerprint density at radius 3 is 1.92 bits per heavy atom. The fourth-order valence-corrected chi connectivity index (χ4v) is 2.77. The van der Waals surface area contributed by atoms with E-state index >= 15 is 0 Å². The van der Waals surface area contributed by atoms with Crippen LogP contribution in [0.4, 0.5) is 5.69 Å². The van der Waals surface area contributed by atoms with Gasteiger partial charge in [0, 0.05) is 30.9 Å². The number of halogens is 1. The molecule has 4 nitrogen and oxygen atoms in total. The average Bonchev–Trinajstić information content (AvgIpc) is 2.62. The Kier molecular flexibility index (Phi) is 5.00. The van der Waals surface area contributed by atoms with Crippen LogP contribution in [-0.4, -0.2) is 29.3 Å². The molecule has 3 rings (SSSR count). The number of nitrogens with zero attached hydrogens (tertiary/aromatic N) is 4. The number of hydrogen-bond acceptors (Lipinski definition) is 4. The minimum Gasteiger partial charge on any atom is -0.378 e. The third kappa shape index (κ3) is 3.80. The molecule has 0 saturated carbocycles. The van der Waals surface area contributed by atoms with Crippen molar-refractivity contribution in [3.63, 3.8) is 0 Å². The maximum absolute atomic E-state index is 6.01.